The predicted molar refractivity (Wildman–Crippen MR) is 116 cm³/mol. The summed E-state index contributed by atoms with van der Waals surface area (Å²) >= 11 is 0. The first kappa shape index (κ1) is 21.7. The number of rotatable bonds is 4. The molecule has 176 valence electrons. The molecule has 2 atom stereocenters. The number of ether oxygens (including phenoxy) is 2. The molecule has 10 nitrogen and oxygen atoms in total. The van der Waals surface area contributed by atoms with Crippen molar-refractivity contribution in [3.8, 4) is 11.7 Å². The number of imidazole rings is 1. The van der Waals surface area contributed by atoms with E-state index in [-0.39, 0.29) is 29.4 Å². The number of halogens is 2. The normalized spacial score (nSPS) is 21.8. The minimum Gasteiger partial charge on any atom is -0.508 e. The van der Waals surface area contributed by atoms with Crippen LogP contribution in [0, 0.1) is 0 Å². The Labute approximate surface area is 188 Å². The molecule has 0 amide bonds. The third-order valence-corrected chi connectivity index (χ3v) is 6.09. The quantitative estimate of drug-likeness (QED) is 0.627. The maximum Gasteiger partial charge on any atom is 0.296 e. The van der Waals surface area contributed by atoms with E-state index in [1.165, 1.54) is 22.8 Å². The van der Waals surface area contributed by atoms with E-state index >= 15 is 0 Å². The lowest BCUT2D eigenvalue weighted by Gasteiger charge is -2.38. The van der Waals surface area contributed by atoms with Crippen LogP contribution < -0.4 is 9.80 Å². The molecule has 2 saturated heterocycles. The Morgan fingerprint density at radius 2 is 1.70 bits per heavy atom. The lowest BCUT2D eigenvalue weighted by atomic mass is 10.1. The number of hydrogen-bond donors (Lipinski definition) is 1. The van der Waals surface area contributed by atoms with Crippen molar-refractivity contribution in [3.63, 3.8) is 0 Å². The third-order valence-electron chi connectivity index (χ3n) is 6.09. The highest BCUT2D eigenvalue weighted by Crippen LogP contribution is 2.30. The summed E-state index contributed by atoms with van der Waals surface area (Å²) in [7, 11) is 0. The van der Waals surface area contributed by atoms with Crippen LogP contribution in [-0.2, 0) is 9.47 Å². The van der Waals surface area contributed by atoms with Gasteiger partial charge in [0.05, 0.1) is 43.0 Å². The molecule has 0 bridgehead atoms. The van der Waals surface area contributed by atoms with Crippen molar-refractivity contribution in [2.75, 3.05) is 49.3 Å². The molecule has 1 N–H and O–H groups in total. The van der Waals surface area contributed by atoms with Gasteiger partial charge >= 0.3 is 0 Å². The minimum absolute atomic E-state index is 0.0161. The highest BCUT2D eigenvalue weighted by molar-refractivity contribution is 5.79. The maximum atomic E-state index is 14.0. The van der Waals surface area contributed by atoms with Crippen LogP contribution in [0.4, 0.5) is 20.7 Å². The highest BCUT2D eigenvalue weighted by atomic mass is 19.3. The largest absolute Gasteiger partial charge is 0.508 e. The van der Waals surface area contributed by atoms with Crippen LogP contribution in [0.1, 0.15) is 26.1 Å². The van der Waals surface area contributed by atoms with Gasteiger partial charge in [-0.3, -0.25) is 4.57 Å². The number of hydrogen-bond acceptors (Lipinski definition) is 9. The Morgan fingerprint density at radius 3 is 2.45 bits per heavy atom. The molecule has 33 heavy (non-hydrogen) atoms. The van der Waals surface area contributed by atoms with Gasteiger partial charge in [-0.15, -0.1) is 0 Å². The first-order valence-electron chi connectivity index (χ1n) is 10.9. The topological polar surface area (TPSA) is 102 Å². The van der Waals surface area contributed by atoms with Gasteiger partial charge < -0.3 is 24.4 Å². The summed E-state index contributed by atoms with van der Waals surface area (Å²) in [5.41, 5.74) is 0.602. The smallest absolute Gasteiger partial charge is 0.296 e. The molecule has 3 aromatic rings. The number of aromatic nitrogens is 5. The van der Waals surface area contributed by atoms with Crippen LogP contribution in [0.5, 0.6) is 5.75 Å². The van der Waals surface area contributed by atoms with Gasteiger partial charge in [-0.05, 0) is 26.0 Å². The van der Waals surface area contributed by atoms with Gasteiger partial charge in [-0.2, -0.15) is 15.0 Å². The van der Waals surface area contributed by atoms with Gasteiger partial charge in [0.25, 0.3) is 6.43 Å². The van der Waals surface area contributed by atoms with Crippen molar-refractivity contribution in [1.82, 2.24) is 24.5 Å². The first-order chi connectivity index (χ1) is 15.9. The monoisotopic (exact) mass is 461 g/mol. The summed E-state index contributed by atoms with van der Waals surface area (Å²) in [5.74, 6) is 0.283. The molecule has 2 aliphatic heterocycles. The van der Waals surface area contributed by atoms with Crippen LogP contribution in [0.15, 0.2) is 18.2 Å². The Bertz CT molecular complexity index is 1150. The average Bonchev–Trinajstić information content (AvgIpc) is 3.20. The molecule has 12 heteroatoms. The Balaban J connectivity index is 1.69. The van der Waals surface area contributed by atoms with Gasteiger partial charge in [-0.25, -0.2) is 13.8 Å². The van der Waals surface area contributed by atoms with E-state index in [0.29, 0.717) is 56.9 Å². The Morgan fingerprint density at radius 1 is 0.970 bits per heavy atom. The lowest BCUT2D eigenvalue weighted by Crippen LogP contribution is -2.49. The predicted octanol–water partition coefficient (Wildman–Crippen LogP) is 2.30. The van der Waals surface area contributed by atoms with E-state index < -0.39 is 12.2 Å². The molecule has 2 aromatic heterocycles. The summed E-state index contributed by atoms with van der Waals surface area (Å²) in [6, 6.07) is 4.28. The van der Waals surface area contributed by atoms with Crippen molar-refractivity contribution in [2.24, 2.45) is 0 Å². The molecular formula is C21H25F2N7O3. The van der Waals surface area contributed by atoms with Crippen molar-refractivity contribution < 1.29 is 23.4 Å². The Kier molecular flexibility index (Phi) is 5.71. The Hall–Kier alpha value is -3.12. The number of nitrogens with zero attached hydrogens (tertiary/aromatic N) is 7. The summed E-state index contributed by atoms with van der Waals surface area (Å²) < 4.78 is 40.4. The van der Waals surface area contributed by atoms with E-state index in [4.69, 9.17) is 14.5 Å². The zero-order valence-corrected chi connectivity index (χ0v) is 18.4. The second kappa shape index (κ2) is 8.67. The van der Waals surface area contributed by atoms with Crippen LogP contribution in [0.3, 0.4) is 0 Å². The highest BCUT2D eigenvalue weighted by Gasteiger charge is 2.30. The maximum absolute atomic E-state index is 14.0. The number of anilines is 2. The SMILES string of the molecule is C[C@@H]1OCCN(c2nc(N3CCOCC3)nc(-n3c(C(F)F)nc4cc(O)ccc43)n2)[C@@H]1C. The molecule has 2 aliphatic rings. The zero-order valence-electron chi connectivity index (χ0n) is 18.4. The molecule has 1 aromatic carbocycles. The van der Waals surface area contributed by atoms with Crippen LogP contribution in [0.2, 0.25) is 0 Å². The average molecular weight is 461 g/mol. The molecule has 0 spiro atoms. The van der Waals surface area contributed by atoms with E-state index in [0.717, 1.165) is 0 Å². The standard InChI is InChI=1S/C21H25F2N7O3/c1-12-13(2)33-10-7-29(12)20-25-19(28-5-8-32-9-6-28)26-21(27-20)30-16-4-3-14(31)11-15(16)24-18(30)17(22)23/h3-4,11-13,17,31H,5-10H2,1-2H3/t12-,13+/m1/s1. The van der Waals surface area contributed by atoms with E-state index in [2.05, 4.69) is 15.0 Å². The molecule has 5 rings (SSSR count). The number of morpholine rings is 2. The van der Waals surface area contributed by atoms with Crippen LogP contribution >= 0.6 is 0 Å². The lowest BCUT2D eigenvalue weighted by molar-refractivity contribution is 0.0277. The number of phenols is 1. The molecule has 0 unspecified atom stereocenters. The third kappa shape index (κ3) is 4.04. The molecule has 4 heterocycles. The number of fused-ring (bicyclic) bond motifs is 1. The summed E-state index contributed by atoms with van der Waals surface area (Å²) in [5, 5.41) is 9.81. The second-order valence-electron chi connectivity index (χ2n) is 8.12. The second-order valence-corrected chi connectivity index (χ2v) is 8.12. The minimum atomic E-state index is -2.87. The first-order valence-corrected chi connectivity index (χ1v) is 10.9. The number of phenolic OH excluding ortho intramolecular Hbond substituents is 1. The van der Waals surface area contributed by atoms with Crippen molar-refractivity contribution in [3.05, 3.63) is 24.0 Å². The van der Waals surface area contributed by atoms with Gasteiger partial charge in [0, 0.05) is 25.7 Å². The fourth-order valence-electron chi connectivity index (χ4n) is 4.14. The number of benzene rings is 1. The summed E-state index contributed by atoms with van der Waals surface area (Å²) in [6.45, 7) is 7.28. The van der Waals surface area contributed by atoms with Gasteiger partial charge in [0.1, 0.15) is 5.75 Å². The van der Waals surface area contributed by atoms with Gasteiger partial charge in [-0.1, -0.05) is 0 Å². The molecule has 0 saturated carbocycles. The molecular weight excluding hydrogens is 436 g/mol. The zero-order chi connectivity index (χ0) is 23.1. The van der Waals surface area contributed by atoms with E-state index in [1.807, 2.05) is 23.6 Å². The van der Waals surface area contributed by atoms with Gasteiger partial charge in [0.15, 0.2) is 5.82 Å². The summed E-state index contributed by atoms with van der Waals surface area (Å²) in [4.78, 5) is 21.9. The molecule has 0 radical (unpaired) electrons. The fraction of sp³-hybridized carbons (Fsp3) is 0.524. The van der Waals surface area contributed by atoms with Crippen molar-refractivity contribution in [2.45, 2.75) is 32.4 Å². The number of alkyl halides is 2. The number of aromatic hydroxyl groups is 1. The van der Waals surface area contributed by atoms with E-state index in [9.17, 15) is 13.9 Å². The van der Waals surface area contributed by atoms with Crippen LogP contribution in [-0.4, -0.2) is 81.2 Å². The van der Waals surface area contributed by atoms with Gasteiger partial charge in [0.2, 0.25) is 17.8 Å². The van der Waals surface area contributed by atoms with E-state index in [1.54, 1.807) is 0 Å². The fourth-order valence-corrected chi connectivity index (χ4v) is 4.14. The summed E-state index contributed by atoms with van der Waals surface area (Å²) in [6.07, 6.45) is -2.91. The van der Waals surface area contributed by atoms with Crippen molar-refractivity contribution >= 4 is 22.9 Å². The van der Waals surface area contributed by atoms with Crippen molar-refractivity contribution in [1.29, 1.82) is 0 Å². The molecule has 2 fully saturated rings. The molecule has 0 aliphatic carbocycles. The van der Waals surface area contributed by atoms with Crippen LogP contribution in [0.25, 0.3) is 17.0 Å².